The zero-order valence-corrected chi connectivity index (χ0v) is 18.3. The number of benzene rings is 2. The van der Waals surface area contributed by atoms with Gasteiger partial charge in [0.1, 0.15) is 8.24 Å². The molecule has 0 bridgehead atoms. The largest absolute Gasteiger partial charge is 1.00 e. The Morgan fingerprint density at radius 1 is 0.963 bits per heavy atom. The summed E-state index contributed by atoms with van der Waals surface area (Å²) in [6.45, 7) is 8.22. The van der Waals surface area contributed by atoms with Crippen LogP contribution in [0.25, 0.3) is 10.8 Å². The molecule has 0 aliphatic carbocycles. The van der Waals surface area contributed by atoms with Gasteiger partial charge in [-0.15, -0.1) is 40.2 Å². The maximum atomic E-state index is 3.91. The van der Waals surface area contributed by atoms with Crippen LogP contribution in [0.4, 0.5) is 5.69 Å². The molecule has 1 heterocycles. The molecule has 1 saturated heterocycles. The molecule has 4 rings (SSSR count). The molecule has 1 aliphatic rings. The van der Waals surface area contributed by atoms with Crippen molar-refractivity contribution < 1.29 is 39.1 Å². The molecule has 0 aromatic heterocycles. The van der Waals surface area contributed by atoms with Crippen molar-refractivity contribution in [2.45, 2.75) is 32.5 Å². The maximum absolute atomic E-state index is 3.91. The normalized spacial score (nSPS) is 14.1. The van der Waals surface area contributed by atoms with Gasteiger partial charge in [0, 0.05) is 19.6 Å². The molecule has 0 amide bonds. The molecule has 2 nitrogen and oxygen atoms in total. The monoisotopic (exact) mass is 362 g/mol. The minimum absolute atomic E-state index is 0. The number of hydrogen-bond donors (Lipinski definition) is 1. The number of nitrogens with one attached hydrogen (secondary N) is 1. The fourth-order valence-corrected chi connectivity index (χ4v) is 6.21. The Hall–Kier alpha value is -0.778. The fourth-order valence-electron chi connectivity index (χ4n) is 3.98. The Kier molecular flexibility index (Phi) is 8.02. The van der Waals surface area contributed by atoms with E-state index in [4.69, 9.17) is 0 Å². The van der Waals surface area contributed by atoms with Gasteiger partial charge < -0.3 is 11.3 Å². The number of fused-ring (bicyclic) bond motifs is 1. The number of nitrogens with zero attached hydrogens (tertiary/aromatic N) is 1. The van der Waals surface area contributed by atoms with Crippen molar-refractivity contribution in [3.63, 3.8) is 0 Å². The second-order valence-electron chi connectivity index (χ2n) is 7.65. The van der Waals surface area contributed by atoms with E-state index in [-0.39, 0.29) is 39.1 Å². The second-order valence-corrected chi connectivity index (χ2v) is 11.8. The number of anilines is 1. The molecule has 0 atom stereocenters. The summed E-state index contributed by atoms with van der Waals surface area (Å²) in [5, 5.41) is 4.42. The number of rotatable bonds is 5. The summed E-state index contributed by atoms with van der Waals surface area (Å²) in [6.07, 6.45) is 2.64. The first-order valence-corrected chi connectivity index (χ1v) is 12.4. The third-order valence-corrected chi connectivity index (χ3v) is 8.29. The minimum atomic E-state index is -1.73. The molecule has 1 N–H and O–H groups in total. The van der Waals surface area contributed by atoms with Crippen molar-refractivity contribution in [3.8, 4) is 0 Å². The zero-order valence-electron chi connectivity index (χ0n) is 18.3. The standard InChI is InChI=1S/C22H27N2Si.2Li.H/c1-25(2,23-17-18-10-4-3-5-11-18)22-16-21(24-14-8-9-15-24)19-12-6-7-13-20(19)22;;;/h3-7,10-13,16,23H,8-9,14-15,17H2,1-2H3;;;/q-1;2*+1;-1. The third-order valence-electron chi connectivity index (χ3n) is 5.47. The first kappa shape index (κ1) is 22.5. The summed E-state index contributed by atoms with van der Waals surface area (Å²) < 4.78 is 0. The van der Waals surface area contributed by atoms with E-state index in [1.54, 1.807) is 5.19 Å². The molecule has 0 saturated carbocycles. The molecule has 132 valence electrons. The average Bonchev–Trinajstić information content (AvgIpc) is 3.28. The first-order chi connectivity index (χ1) is 12.1. The van der Waals surface area contributed by atoms with Crippen LogP contribution >= 0.6 is 0 Å². The van der Waals surface area contributed by atoms with Crippen LogP contribution in [0.5, 0.6) is 0 Å². The van der Waals surface area contributed by atoms with E-state index in [9.17, 15) is 0 Å². The summed E-state index contributed by atoms with van der Waals surface area (Å²) in [7, 11) is -1.73. The number of hydrogen-bond acceptors (Lipinski definition) is 2. The van der Waals surface area contributed by atoms with Crippen molar-refractivity contribution >= 4 is 29.9 Å². The fraction of sp³-hybridized carbons (Fsp3) is 0.318. The van der Waals surface area contributed by atoms with Crippen LogP contribution in [0, 0.1) is 0 Å². The first-order valence-electron chi connectivity index (χ1n) is 9.38. The van der Waals surface area contributed by atoms with Crippen LogP contribution < -0.4 is 52.8 Å². The summed E-state index contributed by atoms with van der Waals surface area (Å²) in [4.78, 5) is 6.48. The van der Waals surface area contributed by atoms with Crippen LogP contribution in [-0.4, -0.2) is 21.3 Å². The summed E-state index contributed by atoms with van der Waals surface area (Å²) in [5.41, 5.74) is 2.81. The van der Waals surface area contributed by atoms with E-state index >= 15 is 0 Å². The van der Waals surface area contributed by atoms with Crippen molar-refractivity contribution in [2.24, 2.45) is 0 Å². The van der Waals surface area contributed by atoms with Crippen molar-refractivity contribution in [1.82, 2.24) is 4.98 Å². The third kappa shape index (κ3) is 4.80. The topological polar surface area (TPSA) is 15.3 Å². The van der Waals surface area contributed by atoms with Gasteiger partial charge in [-0.25, -0.2) is 0 Å². The molecule has 3 aromatic rings. The van der Waals surface area contributed by atoms with Gasteiger partial charge >= 0.3 is 37.7 Å². The predicted molar refractivity (Wildman–Crippen MR) is 112 cm³/mol. The summed E-state index contributed by atoms with van der Waals surface area (Å²) in [6, 6.07) is 22.2. The Morgan fingerprint density at radius 3 is 2.30 bits per heavy atom. The summed E-state index contributed by atoms with van der Waals surface area (Å²) in [5.74, 6) is 0. The predicted octanol–water partition coefficient (Wildman–Crippen LogP) is -1.52. The van der Waals surface area contributed by atoms with E-state index in [0.29, 0.717) is 0 Å². The van der Waals surface area contributed by atoms with Gasteiger partial charge in [0.2, 0.25) is 0 Å². The molecule has 0 spiro atoms. The van der Waals surface area contributed by atoms with Gasteiger partial charge in [-0.3, -0.25) is 0 Å². The molecule has 0 radical (unpaired) electrons. The molecule has 1 aliphatic heterocycles. The quantitative estimate of drug-likeness (QED) is 0.438. The van der Waals surface area contributed by atoms with Gasteiger partial charge in [0.15, 0.2) is 0 Å². The Balaban J connectivity index is 0.00000131. The Bertz CT molecular complexity index is 861. The van der Waals surface area contributed by atoms with Crippen LogP contribution in [0.2, 0.25) is 13.1 Å². The van der Waals surface area contributed by atoms with Crippen molar-refractivity contribution in [1.29, 1.82) is 0 Å². The van der Waals surface area contributed by atoms with Crippen molar-refractivity contribution in [3.05, 3.63) is 66.2 Å². The molecule has 0 unspecified atom stereocenters. The second kappa shape index (κ2) is 9.62. The summed E-state index contributed by atoms with van der Waals surface area (Å²) >= 11 is 0. The Labute approximate surface area is 190 Å². The van der Waals surface area contributed by atoms with Crippen LogP contribution in [0.3, 0.4) is 0 Å². The molecular weight excluding hydrogens is 334 g/mol. The van der Waals surface area contributed by atoms with Gasteiger partial charge in [-0.2, -0.15) is 0 Å². The van der Waals surface area contributed by atoms with E-state index in [2.05, 4.69) is 83.6 Å². The Morgan fingerprint density at radius 2 is 1.59 bits per heavy atom. The maximum Gasteiger partial charge on any atom is 1.00 e. The van der Waals surface area contributed by atoms with E-state index in [0.717, 1.165) is 6.54 Å². The van der Waals surface area contributed by atoms with Crippen LogP contribution in [0.15, 0.2) is 60.7 Å². The smallest absolute Gasteiger partial charge is 1.00 e. The van der Waals surface area contributed by atoms with E-state index < -0.39 is 8.24 Å². The van der Waals surface area contributed by atoms with Gasteiger partial charge in [0.25, 0.3) is 0 Å². The molecule has 27 heavy (non-hydrogen) atoms. The molecule has 5 heteroatoms. The zero-order chi connectivity index (χ0) is 17.3. The SMILES string of the molecule is C[Si](C)(NCc1ccccc1)[c-]1cc(N2CCCC2)c2ccccc21.[H-].[Li+].[Li+]. The van der Waals surface area contributed by atoms with Crippen LogP contribution in [0.1, 0.15) is 19.8 Å². The molecule has 3 aromatic carbocycles. The van der Waals surface area contributed by atoms with Crippen molar-refractivity contribution in [2.75, 3.05) is 18.0 Å². The molecular formula is C22H28Li2N2Si. The average molecular weight is 362 g/mol. The van der Waals surface area contributed by atoms with Gasteiger partial charge in [-0.05, 0) is 18.4 Å². The van der Waals surface area contributed by atoms with Crippen LogP contribution in [-0.2, 0) is 6.54 Å². The minimum Gasteiger partial charge on any atom is -1.00 e. The van der Waals surface area contributed by atoms with E-state index in [1.807, 2.05) is 0 Å². The molecule has 1 fully saturated rings. The van der Waals surface area contributed by atoms with E-state index in [1.165, 1.54) is 48.0 Å². The van der Waals surface area contributed by atoms with Gasteiger partial charge in [-0.1, -0.05) is 55.2 Å². The van der Waals surface area contributed by atoms with Gasteiger partial charge in [0.05, 0.1) is 0 Å².